The molecular formula is C14H31NO. The fraction of sp³-hybridized carbons (Fsp3) is 1.00. The van der Waals surface area contributed by atoms with Crippen LogP contribution in [0.25, 0.3) is 0 Å². The van der Waals surface area contributed by atoms with Crippen LogP contribution in [0.4, 0.5) is 0 Å². The maximum atomic E-state index is 8.62. The molecule has 0 rings (SSSR count). The molecule has 0 spiro atoms. The molecule has 0 aromatic rings. The summed E-state index contributed by atoms with van der Waals surface area (Å²) in [5, 5.41) is 8.62. The van der Waals surface area contributed by atoms with E-state index in [1.165, 1.54) is 70.6 Å². The molecular weight excluding hydrogens is 198 g/mol. The van der Waals surface area contributed by atoms with Crippen LogP contribution in [0.15, 0.2) is 0 Å². The maximum Gasteiger partial charge on any atom is 0.0431 e. The molecule has 0 atom stereocenters. The average molecular weight is 229 g/mol. The SMILES string of the molecule is NCCCCCCCCCCCCCCO. The van der Waals surface area contributed by atoms with Crippen molar-refractivity contribution in [3.8, 4) is 0 Å². The van der Waals surface area contributed by atoms with Crippen molar-refractivity contribution in [3.05, 3.63) is 0 Å². The highest BCUT2D eigenvalue weighted by Gasteiger charge is 1.92. The van der Waals surface area contributed by atoms with Crippen LogP contribution < -0.4 is 5.73 Å². The Bertz CT molecular complexity index is 103. The van der Waals surface area contributed by atoms with Gasteiger partial charge in [-0.15, -0.1) is 0 Å². The maximum absolute atomic E-state index is 8.62. The van der Waals surface area contributed by atoms with Crippen molar-refractivity contribution < 1.29 is 5.11 Å². The Balaban J connectivity index is 2.83. The van der Waals surface area contributed by atoms with Gasteiger partial charge in [-0.3, -0.25) is 0 Å². The quantitative estimate of drug-likeness (QED) is 0.474. The predicted molar refractivity (Wildman–Crippen MR) is 71.5 cm³/mol. The number of hydrogen-bond donors (Lipinski definition) is 2. The van der Waals surface area contributed by atoms with Gasteiger partial charge >= 0.3 is 0 Å². The van der Waals surface area contributed by atoms with Crippen molar-refractivity contribution in [3.63, 3.8) is 0 Å². The second-order valence-electron chi connectivity index (χ2n) is 4.75. The van der Waals surface area contributed by atoms with Gasteiger partial charge in [0.05, 0.1) is 0 Å². The highest BCUT2D eigenvalue weighted by molar-refractivity contribution is 4.48. The number of unbranched alkanes of at least 4 members (excludes halogenated alkanes) is 11. The summed E-state index contributed by atoms with van der Waals surface area (Å²) in [6.45, 7) is 1.22. The second-order valence-corrected chi connectivity index (χ2v) is 4.75. The molecule has 0 aliphatic rings. The minimum atomic E-state index is 0.364. The van der Waals surface area contributed by atoms with Crippen molar-refractivity contribution in [2.24, 2.45) is 5.73 Å². The highest BCUT2D eigenvalue weighted by atomic mass is 16.2. The summed E-state index contributed by atoms with van der Waals surface area (Å²) in [5.74, 6) is 0. The Morgan fingerprint density at radius 1 is 0.500 bits per heavy atom. The molecule has 0 radical (unpaired) electrons. The molecule has 98 valence electrons. The first-order valence-electron chi connectivity index (χ1n) is 7.22. The lowest BCUT2D eigenvalue weighted by Gasteiger charge is -2.02. The Hall–Kier alpha value is -0.0800. The topological polar surface area (TPSA) is 46.2 Å². The van der Waals surface area contributed by atoms with Crippen LogP contribution in [0, 0.1) is 0 Å². The summed E-state index contributed by atoms with van der Waals surface area (Å²) in [6.07, 6.45) is 15.7. The molecule has 0 aliphatic carbocycles. The van der Waals surface area contributed by atoms with Gasteiger partial charge in [-0.25, -0.2) is 0 Å². The van der Waals surface area contributed by atoms with Crippen LogP contribution in [0.2, 0.25) is 0 Å². The van der Waals surface area contributed by atoms with Crippen LogP contribution >= 0.6 is 0 Å². The van der Waals surface area contributed by atoms with E-state index in [1.54, 1.807) is 0 Å². The van der Waals surface area contributed by atoms with Crippen molar-refractivity contribution in [2.45, 2.75) is 77.0 Å². The van der Waals surface area contributed by atoms with Crippen molar-refractivity contribution >= 4 is 0 Å². The van der Waals surface area contributed by atoms with Gasteiger partial charge in [0.25, 0.3) is 0 Å². The van der Waals surface area contributed by atoms with Gasteiger partial charge < -0.3 is 10.8 Å². The molecule has 2 heteroatoms. The summed E-state index contributed by atoms with van der Waals surface area (Å²) in [5.41, 5.74) is 5.44. The first-order valence-corrected chi connectivity index (χ1v) is 7.22. The standard InChI is InChI=1S/C14H31NO/c15-13-11-9-7-5-3-1-2-4-6-8-10-12-14-16/h16H,1-15H2. The van der Waals surface area contributed by atoms with E-state index in [2.05, 4.69) is 0 Å². The summed E-state index contributed by atoms with van der Waals surface area (Å²) < 4.78 is 0. The number of aliphatic hydroxyl groups is 1. The molecule has 3 N–H and O–H groups in total. The molecule has 0 saturated carbocycles. The van der Waals surface area contributed by atoms with E-state index in [4.69, 9.17) is 10.8 Å². The van der Waals surface area contributed by atoms with Crippen molar-refractivity contribution in [2.75, 3.05) is 13.2 Å². The van der Waals surface area contributed by atoms with Gasteiger partial charge in [-0.1, -0.05) is 64.2 Å². The van der Waals surface area contributed by atoms with Gasteiger partial charge in [-0.05, 0) is 19.4 Å². The van der Waals surface area contributed by atoms with Gasteiger partial charge in [0.1, 0.15) is 0 Å². The molecule has 0 aromatic carbocycles. The molecule has 0 heterocycles. The molecule has 0 saturated heterocycles. The van der Waals surface area contributed by atoms with Crippen LogP contribution in [0.3, 0.4) is 0 Å². The van der Waals surface area contributed by atoms with E-state index >= 15 is 0 Å². The average Bonchev–Trinajstić information content (AvgIpc) is 2.31. The first kappa shape index (κ1) is 15.9. The number of aliphatic hydroxyl groups excluding tert-OH is 1. The third-order valence-electron chi connectivity index (χ3n) is 3.11. The lowest BCUT2D eigenvalue weighted by atomic mass is 10.1. The predicted octanol–water partition coefficient (Wildman–Crippen LogP) is 3.62. The minimum Gasteiger partial charge on any atom is -0.396 e. The lowest BCUT2D eigenvalue weighted by molar-refractivity contribution is 0.282. The zero-order chi connectivity index (χ0) is 11.9. The Labute approximate surface area is 102 Å². The first-order chi connectivity index (χ1) is 7.91. The number of rotatable bonds is 13. The van der Waals surface area contributed by atoms with Gasteiger partial charge in [-0.2, -0.15) is 0 Å². The van der Waals surface area contributed by atoms with Gasteiger partial charge in [0, 0.05) is 6.61 Å². The molecule has 16 heavy (non-hydrogen) atoms. The largest absolute Gasteiger partial charge is 0.396 e. The fourth-order valence-electron chi connectivity index (χ4n) is 2.02. The molecule has 0 amide bonds. The van der Waals surface area contributed by atoms with E-state index in [1.807, 2.05) is 0 Å². The molecule has 0 aliphatic heterocycles. The minimum absolute atomic E-state index is 0.364. The Kier molecular flexibility index (Phi) is 14.8. The molecule has 0 bridgehead atoms. The van der Waals surface area contributed by atoms with Crippen LogP contribution in [0.1, 0.15) is 77.0 Å². The fourth-order valence-corrected chi connectivity index (χ4v) is 2.02. The smallest absolute Gasteiger partial charge is 0.0431 e. The van der Waals surface area contributed by atoms with Crippen LogP contribution in [-0.4, -0.2) is 18.3 Å². The Morgan fingerprint density at radius 2 is 0.812 bits per heavy atom. The zero-order valence-corrected chi connectivity index (χ0v) is 10.9. The van der Waals surface area contributed by atoms with E-state index in [0.29, 0.717) is 6.61 Å². The third kappa shape index (κ3) is 13.9. The number of nitrogens with two attached hydrogens (primary N) is 1. The molecule has 0 aromatic heterocycles. The van der Waals surface area contributed by atoms with E-state index in [-0.39, 0.29) is 0 Å². The zero-order valence-electron chi connectivity index (χ0n) is 10.9. The summed E-state index contributed by atoms with van der Waals surface area (Å²) in [6, 6.07) is 0. The summed E-state index contributed by atoms with van der Waals surface area (Å²) >= 11 is 0. The molecule has 0 unspecified atom stereocenters. The lowest BCUT2D eigenvalue weighted by Crippen LogP contribution is -1.97. The second kappa shape index (κ2) is 14.9. The van der Waals surface area contributed by atoms with Gasteiger partial charge in [0.15, 0.2) is 0 Å². The molecule has 2 nitrogen and oxygen atoms in total. The van der Waals surface area contributed by atoms with Crippen molar-refractivity contribution in [1.29, 1.82) is 0 Å². The molecule has 0 fully saturated rings. The summed E-state index contributed by atoms with van der Waals surface area (Å²) in [4.78, 5) is 0. The highest BCUT2D eigenvalue weighted by Crippen LogP contribution is 2.11. The third-order valence-corrected chi connectivity index (χ3v) is 3.11. The normalized spacial score (nSPS) is 10.9. The van der Waals surface area contributed by atoms with E-state index in [0.717, 1.165) is 13.0 Å². The van der Waals surface area contributed by atoms with Crippen LogP contribution in [-0.2, 0) is 0 Å². The van der Waals surface area contributed by atoms with Crippen molar-refractivity contribution in [1.82, 2.24) is 0 Å². The summed E-state index contributed by atoms with van der Waals surface area (Å²) in [7, 11) is 0. The van der Waals surface area contributed by atoms with E-state index < -0.39 is 0 Å². The van der Waals surface area contributed by atoms with Gasteiger partial charge in [0.2, 0.25) is 0 Å². The van der Waals surface area contributed by atoms with Crippen LogP contribution in [0.5, 0.6) is 0 Å². The Morgan fingerprint density at radius 3 is 1.12 bits per heavy atom. The monoisotopic (exact) mass is 229 g/mol. The number of hydrogen-bond acceptors (Lipinski definition) is 2. The van der Waals surface area contributed by atoms with E-state index in [9.17, 15) is 0 Å².